The molecule has 51 heavy (non-hydrogen) atoms. The molecule has 0 spiro atoms. The van der Waals surface area contributed by atoms with Crippen LogP contribution in [0.15, 0.2) is 83.6 Å². The lowest BCUT2D eigenvalue weighted by atomic mass is 9.71. The van der Waals surface area contributed by atoms with E-state index >= 15 is 0 Å². The molecule has 9 heteroatoms. The predicted octanol–water partition coefficient (Wildman–Crippen LogP) is 8.23. The lowest BCUT2D eigenvalue weighted by Crippen LogP contribution is -2.35. The highest BCUT2D eigenvalue weighted by Gasteiger charge is 2.28. The number of carboxylic acid groups (broad SMARTS) is 1. The smallest absolute Gasteiger partial charge is 0.323 e. The minimum absolute atomic E-state index is 0.0146. The van der Waals surface area contributed by atoms with Gasteiger partial charge in [-0.1, -0.05) is 68.7 Å². The first-order valence-corrected chi connectivity index (χ1v) is 18.1. The molecule has 4 aromatic rings. The van der Waals surface area contributed by atoms with Gasteiger partial charge in [0.25, 0.3) is 5.91 Å². The zero-order chi connectivity index (χ0) is 35.7. The van der Waals surface area contributed by atoms with Gasteiger partial charge in [0, 0.05) is 36.5 Å². The summed E-state index contributed by atoms with van der Waals surface area (Å²) in [6.07, 6.45) is 16.8. The van der Waals surface area contributed by atoms with Gasteiger partial charge >= 0.3 is 5.97 Å². The van der Waals surface area contributed by atoms with E-state index in [1.165, 1.54) is 55.1 Å². The number of hydrogen-bond acceptors (Lipinski definition) is 7. The molecule has 1 unspecified atom stereocenters. The second-order valence-corrected chi connectivity index (χ2v) is 14.0. The maximum absolute atomic E-state index is 13.4. The van der Waals surface area contributed by atoms with Crippen LogP contribution in [0.3, 0.4) is 0 Å². The normalized spacial score (nSPS) is 18.9. The fourth-order valence-electron chi connectivity index (χ4n) is 7.57. The molecule has 1 amide bonds. The van der Waals surface area contributed by atoms with Crippen molar-refractivity contribution in [1.82, 2.24) is 14.9 Å². The van der Waals surface area contributed by atoms with Crippen molar-refractivity contribution in [3.05, 3.63) is 107 Å². The van der Waals surface area contributed by atoms with E-state index in [0.717, 1.165) is 52.8 Å². The Morgan fingerprint density at radius 1 is 0.843 bits per heavy atom. The molecule has 2 aromatic carbocycles. The molecule has 1 atom stereocenters. The lowest BCUT2D eigenvalue weighted by molar-refractivity contribution is -0.137. The van der Waals surface area contributed by atoms with E-state index in [9.17, 15) is 19.5 Å². The van der Waals surface area contributed by atoms with Gasteiger partial charge in [-0.05, 0) is 90.8 Å². The monoisotopic (exact) mass is 689 g/mol. The zero-order valence-corrected chi connectivity index (χ0v) is 29.6. The molecule has 0 aliphatic heterocycles. The summed E-state index contributed by atoms with van der Waals surface area (Å²) in [5, 5.41) is 9.56. The summed E-state index contributed by atoms with van der Waals surface area (Å²) in [4.78, 5) is 48.2. The van der Waals surface area contributed by atoms with Crippen molar-refractivity contribution < 1.29 is 28.6 Å². The van der Waals surface area contributed by atoms with Gasteiger partial charge in [0.15, 0.2) is 11.6 Å². The van der Waals surface area contributed by atoms with E-state index in [4.69, 9.17) is 9.15 Å². The molecule has 266 valence electrons. The fraction of sp³-hybridized carbons (Fsp3) is 0.405. The summed E-state index contributed by atoms with van der Waals surface area (Å²) < 4.78 is 10.9. The van der Waals surface area contributed by atoms with Crippen molar-refractivity contribution >= 4 is 23.2 Å². The molecule has 0 radical (unpaired) electrons. The second kappa shape index (κ2) is 16.8. The van der Waals surface area contributed by atoms with Crippen molar-refractivity contribution in [2.75, 3.05) is 13.7 Å². The van der Waals surface area contributed by atoms with Gasteiger partial charge in [0.1, 0.15) is 23.8 Å². The van der Waals surface area contributed by atoms with Crippen LogP contribution in [-0.2, 0) is 29.0 Å². The van der Waals surface area contributed by atoms with Gasteiger partial charge in [0.2, 0.25) is 0 Å². The third-order valence-corrected chi connectivity index (χ3v) is 10.6. The first-order valence-electron chi connectivity index (χ1n) is 18.1. The van der Waals surface area contributed by atoms with E-state index in [1.54, 1.807) is 25.3 Å². The Balaban J connectivity index is 1.03. The number of aromatic nitrogens is 2. The van der Waals surface area contributed by atoms with Crippen LogP contribution >= 0.6 is 0 Å². The van der Waals surface area contributed by atoms with Gasteiger partial charge in [-0.15, -0.1) is 0 Å². The number of aliphatic carboxylic acids is 1. The Morgan fingerprint density at radius 3 is 2.18 bits per heavy atom. The molecule has 2 aliphatic rings. The van der Waals surface area contributed by atoms with Crippen molar-refractivity contribution in [3.63, 3.8) is 0 Å². The molecule has 2 aromatic heterocycles. The Kier molecular flexibility index (Phi) is 11.8. The van der Waals surface area contributed by atoms with E-state index in [-0.39, 0.29) is 30.9 Å². The Labute approximate surface area is 299 Å². The largest absolute Gasteiger partial charge is 0.497 e. The molecule has 1 N–H and O–H groups in total. The topological polar surface area (TPSA) is 123 Å². The quantitative estimate of drug-likeness (QED) is 0.141. The van der Waals surface area contributed by atoms with Crippen LogP contribution in [0.4, 0.5) is 0 Å². The number of allylic oxidation sites excluding steroid dienone is 2. The maximum Gasteiger partial charge on any atom is 0.323 e. The number of furan rings is 1. The number of methoxy groups -OCH3 is 1. The molecule has 0 bridgehead atoms. The molecule has 9 nitrogen and oxygen atoms in total. The van der Waals surface area contributed by atoms with Gasteiger partial charge in [-0.3, -0.25) is 14.4 Å². The molecular weight excluding hydrogens is 642 g/mol. The number of carbonyl (C=O) groups is 3. The zero-order valence-electron chi connectivity index (χ0n) is 29.6. The predicted molar refractivity (Wildman–Crippen MR) is 195 cm³/mol. The van der Waals surface area contributed by atoms with Crippen LogP contribution in [0.1, 0.15) is 91.3 Å². The Morgan fingerprint density at radius 2 is 1.55 bits per heavy atom. The number of rotatable bonds is 14. The molecule has 6 rings (SSSR count). The van der Waals surface area contributed by atoms with Crippen LogP contribution < -0.4 is 4.74 Å². The molecule has 1 fully saturated rings. The number of benzene rings is 2. The van der Waals surface area contributed by atoms with Crippen LogP contribution in [0.5, 0.6) is 5.75 Å². The van der Waals surface area contributed by atoms with Crippen molar-refractivity contribution in [2.24, 2.45) is 17.8 Å². The van der Waals surface area contributed by atoms with Gasteiger partial charge in [-0.2, -0.15) is 0 Å². The van der Waals surface area contributed by atoms with Crippen molar-refractivity contribution in [3.8, 4) is 17.1 Å². The summed E-state index contributed by atoms with van der Waals surface area (Å²) in [7, 11) is 1.58. The van der Waals surface area contributed by atoms with Gasteiger partial charge in [0.05, 0.1) is 13.5 Å². The minimum atomic E-state index is -1.14. The number of carbonyl (C=O) groups excluding carboxylic acids is 2. The standard InChI is InChI=1S/C42H47N3O6/c1-3-28-4-10-31(11-5-28)32-14-16-33(17-15-32)35-24-43-41(44-25-35)34-12-6-30(7-13-34)26-45(27-40(47)48)42(49)39-21-20-38(51-39)23-36(46)22-29-8-18-37(50-2)19-9-29/h6-9,12-13,16,18-21,24-25,28,31-32H,3-5,10-11,14-15,17,22-23,26-27H2,1-2H3,(H,47,48). The summed E-state index contributed by atoms with van der Waals surface area (Å²) in [5.41, 5.74) is 4.83. The van der Waals surface area contributed by atoms with E-state index in [2.05, 4.69) is 23.0 Å². The highest BCUT2D eigenvalue weighted by atomic mass is 16.5. The van der Waals surface area contributed by atoms with Crippen molar-refractivity contribution in [2.45, 2.75) is 77.7 Å². The number of ether oxygens (including phenoxy) is 1. The number of ketones is 1. The van der Waals surface area contributed by atoms with Crippen molar-refractivity contribution in [1.29, 1.82) is 0 Å². The summed E-state index contributed by atoms with van der Waals surface area (Å²) in [6, 6.07) is 17.8. The van der Waals surface area contributed by atoms with Gasteiger partial charge in [-0.25, -0.2) is 9.97 Å². The third kappa shape index (κ3) is 9.39. The fourth-order valence-corrected chi connectivity index (χ4v) is 7.57. The molecule has 2 heterocycles. The highest BCUT2D eigenvalue weighted by molar-refractivity contribution is 5.93. The van der Waals surface area contributed by atoms with Crippen LogP contribution in [0.25, 0.3) is 17.0 Å². The molecular formula is C42H47N3O6. The number of amides is 1. The summed E-state index contributed by atoms with van der Waals surface area (Å²) in [6.45, 7) is 1.88. The number of hydrogen-bond donors (Lipinski definition) is 1. The summed E-state index contributed by atoms with van der Waals surface area (Å²) in [5.74, 6) is 2.47. The van der Waals surface area contributed by atoms with Crippen LogP contribution in [0, 0.1) is 17.8 Å². The van der Waals surface area contributed by atoms with Crippen LogP contribution in [-0.4, -0.2) is 51.3 Å². The highest BCUT2D eigenvalue weighted by Crippen LogP contribution is 2.41. The van der Waals surface area contributed by atoms with E-state index < -0.39 is 18.4 Å². The lowest BCUT2D eigenvalue weighted by Gasteiger charge is -2.35. The first-order chi connectivity index (χ1) is 24.8. The number of Topliss-reactive ketones (excluding diaryl/α,β-unsaturated/α-hetero) is 1. The first kappa shape index (κ1) is 35.8. The molecule has 0 saturated heterocycles. The van der Waals surface area contributed by atoms with Crippen LogP contribution in [0.2, 0.25) is 0 Å². The molecule has 1 saturated carbocycles. The third-order valence-electron chi connectivity index (χ3n) is 10.6. The maximum atomic E-state index is 13.4. The van der Waals surface area contributed by atoms with Gasteiger partial charge < -0.3 is 19.2 Å². The number of carboxylic acids is 1. The minimum Gasteiger partial charge on any atom is -0.497 e. The Bertz CT molecular complexity index is 1820. The average molecular weight is 690 g/mol. The SMILES string of the molecule is CCC1CCC(C2CC=C(c3cnc(-c4ccc(CN(CC(=O)O)C(=O)c5ccc(CC(=O)Cc6ccc(OC)cc6)o5)cc4)nc3)CC2)CC1. The average Bonchev–Trinajstić information content (AvgIpc) is 3.63. The second-order valence-electron chi connectivity index (χ2n) is 14.0. The molecule has 2 aliphatic carbocycles. The van der Waals surface area contributed by atoms with E-state index in [1.807, 2.05) is 48.8 Å². The van der Waals surface area contributed by atoms with E-state index in [0.29, 0.717) is 17.3 Å². The summed E-state index contributed by atoms with van der Waals surface area (Å²) >= 11 is 0. The number of nitrogens with zero attached hydrogens (tertiary/aromatic N) is 3. The Hall–Kier alpha value is -5.05.